The molecule has 5 nitrogen and oxygen atoms in total. The smallest absolute Gasteiger partial charge is 0.164 e. The van der Waals surface area contributed by atoms with Gasteiger partial charge in [-0.05, 0) is 27.2 Å². The lowest BCUT2D eigenvalue weighted by Crippen LogP contribution is -2.52. The van der Waals surface area contributed by atoms with Crippen molar-refractivity contribution in [3.63, 3.8) is 0 Å². The topological polar surface area (TPSA) is 68.2 Å². The Balaban J connectivity index is 2.88. The zero-order valence-electron chi connectivity index (χ0n) is 11.3. The molecule has 0 saturated carbocycles. The Morgan fingerprint density at radius 2 is 2.00 bits per heavy atom. The van der Waals surface area contributed by atoms with Gasteiger partial charge in [-0.2, -0.15) is 0 Å². The molecule has 1 rings (SSSR count). The summed E-state index contributed by atoms with van der Waals surface area (Å²) in [5.41, 5.74) is -1.02. The van der Waals surface area contributed by atoms with E-state index in [2.05, 4.69) is 0 Å². The molecule has 0 aromatic rings. The molecule has 0 aromatic carbocycles. The lowest BCUT2D eigenvalue weighted by Gasteiger charge is -2.35. The van der Waals surface area contributed by atoms with E-state index in [4.69, 9.17) is 14.2 Å². The third-order valence-electron chi connectivity index (χ3n) is 3.28. The maximum absolute atomic E-state index is 10.3. The number of ether oxygens (including phenoxy) is 3. The van der Waals surface area contributed by atoms with E-state index in [0.717, 1.165) is 0 Å². The van der Waals surface area contributed by atoms with Gasteiger partial charge < -0.3 is 24.4 Å². The van der Waals surface area contributed by atoms with E-state index in [1.54, 1.807) is 20.8 Å². The van der Waals surface area contributed by atoms with Gasteiger partial charge in [0, 0.05) is 7.11 Å². The predicted molar refractivity (Wildman–Crippen MR) is 62.6 cm³/mol. The molecule has 0 aromatic heterocycles. The summed E-state index contributed by atoms with van der Waals surface area (Å²) in [6.07, 6.45) is -0.960. The molecule has 2 N–H and O–H groups in total. The minimum atomic E-state index is -1.02. The Hall–Kier alpha value is -0.200. The van der Waals surface area contributed by atoms with Crippen molar-refractivity contribution in [2.24, 2.45) is 0 Å². The lowest BCUT2D eigenvalue weighted by atomic mass is 9.89. The molecule has 102 valence electrons. The highest BCUT2D eigenvalue weighted by Crippen LogP contribution is 2.34. The number of aliphatic hydroxyl groups excluding tert-OH is 1. The van der Waals surface area contributed by atoms with E-state index in [1.165, 1.54) is 7.11 Å². The molecule has 0 radical (unpaired) electrons. The van der Waals surface area contributed by atoms with Crippen LogP contribution in [0.15, 0.2) is 0 Å². The summed E-state index contributed by atoms with van der Waals surface area (Å²) in [6.45, 7) is 6.98. The highest BCUT2D eigenvalue weighted by Gasteiger charge is 2.50. The van der Waals surface area contributed by atoms with Gasteiger partial charge in [0.25, 0.3) is 0 Å². The van der Waals surface area contributed by atoms with Crippen LogP contribution in [0.1, 0.15) is 34.1 Å². The summed E-state index contributed by atoms with van der Waals surface area (Å²) in [7, 11) is 1.53. The van der Waals surface area contributed by atoms with Crippen LogP contribution in [0.4, 0.5) is 0 Å². The average Bonchev–Trinajstić information content (AvgIpc) is 2.54. The Morgan fingerprint density at radius 1 is 1.41 bits per heavy atom. The van der Waals surface area contributed by atoms with E-state index in [0.29, 0.717) is 6.42 Å². The minimum absolute atomic E-state index is 0.159. The van der Waals surface area contributed by atoms with E-state index in [-0.39, 0.29) is 6.61 Å². The first-order valence-electron chi connectivity index (χ1n) is 5.99. The van der Waals surface area contributed by atoms with Gasteiger partial charge in [0.1, 0.15) is 18.3 Å². The average molecular weight is 248 g/mol. The first-order valence-corrected chi connectivity index (χ1v) is 5.99. The molecule has 1 saturated heterocycles. The Bertz CT molecular complexity index is 251. The Labute approximate surface area is 103 Å². The van der Waals surface area contributed by atoms with Gasteiger partial charge in [-0.1, -0.05) is 6.92 Å². The summed E-state index contributed by atoms with van der Waals surface area (Å²) < 4.78 is 16.6. The van der Waals surface area contributed by atoms with Gasteiger partial charge in [0.05, 0.1) is 12.2 Å². The predicted octanol–water partition coefficient (Wildman–Crippen LogP) is 0.675. The third-order valence-corrected chi connectivity index (χ3v) is 3.28. The number of hydrogen-bond donors (Lipinski definition) is 2. The fraction of sp³-hybridized carbons (Fsp3) is 1.00. The maximum Gasteiger partial charge on any atom is 0.164 e. The SMILES string of the molecule is CC[C@](C)(O)C(OC)C1OC(C)(C)OC1CO. The summed E-state index contributed by atoms with van der Waals surface area (Å²) in [4.78, 5) is 0. The van der Waals surface area contributed by atoms with Crippen molar-refractivity contribution < 1.29 is 24.4 Å². The molecule has 0 spiro atoms. The number of rotatable bonds is 5. The molecule has 1 fully saturated rings. The van der Waals surface area contributed by atoms with Gasteiger partial charge in [-0.3, -0.25) is 0 Å². The molecule has 1 aliphatic heterocycles. The second-order valence-corrected chi connectivity index (χ2v) is 5.19. The van der Waals surface area contributed by atoms with Crippen molar-refractivity contribution in [2.45, 2.75) is 63.8 Å². The largest absolute Gasteiger partial charge is 0.394 e. The molecule has 4 atom stereocenters. The van der Waals surface area contributed by atoms with Gasteiger partial charge in [0.2, 0.25) is 0 Å². The van der Waals surface area contributed by atoms with Crippen molar-refractivity contribution in [2.75, 3.05) is 13.7 Å². The fourth-order valence-electron chi connectivity index (χ4n) is 2.20. The second-order valence-electron chi connectivity index (χ2n) is 5.19. The lowest BCUT2D eigenvalue weighted by molar-refractivity contribution is -0.181. The van der Waals surface area contributed by atoms with Crippen LogP contribution < -0.4 is 0 Å². The molecule has 3 unspecified atom stereocenters. The van der Waals surface area contributed by atoms with Crippen LogP contribution in [0.25, 0.3) is 0 Å². The van der Waals surface area contributed by atoms with E-state index in [1.807, 2.05) is 6.92 Å². The number of methoxy groups -OCH3 is 1. The summed E-state index contributed by atoms with van der Waals surface area (Å²) in [6, 6.07) is 0. The van der Waals surface area contributed by atoms with Crippen LogP contribution in [0.5, 0.6) is 0 Å². The highest BCUT2D eigenvalue weighted by atomic mass is 16.8. The number of aliphatic hydroxyl groups is 2. The van der Waals surface area contributed by atoms with Gasteiger partial charge in [-0.25, -0.2) is 0 Å². The molecule has 0 amide bonds. The molecular weight excluding hydrogens is 224 g/mol. The van der Waals surface area contributed by atoms with Crippen LogP contribution in [0.2, 0.25) is 0 Å². The zero-order chi connectivity index (χ0) is 13.3. The molecular formula is C12H24O5. The first-order chi connectivity index (χ1) is 7.77. The van der Waals surface area contributed by atoms with Crippen molar-refractivity contribution >= 4 is 0 Å². The van der Waals surface area contributed by atoms with Crippen molar-refractivity contribution in [1.29, 1.82) is 0 Å². The number of hydrogen-bond acceptors (Lipinski definition) is 5. The van der Waals surface area contributed by atoms with Crippen LogP contribution in [-0.4, -0.2) is 53.6 Å². The first kappa shape index (κ1) is 14.9. The maximum atomic E-state index is 10.3. The summed E-state index contributed by atoms with van der Waals surface area (Å²) in [5.74, 6) is -0.765. The normalized spacial score (nSPS) is 33.4. The van der Waals surface area contributed by atoms with E-state index in [9.17, 15) is 10.2 Å². The van der Waals surface area contributed by atoms with Crippen molar-refractivity contribution in [3.05, 3.63) is 0 Å². The van der Waals surface area contributed by atoms with Crippen LogP contribution in [0.3, 0.4) is 0 Å². The Morgan fingerprint density at radius 3 is 2.41 bits per heavy atom. The minimum Gasteiger partial charge on any atom is -0.394 e. The van der Waals surface area contributed by atoms with Crippen molar-refractivity contribution in [3.8, 4) is 0 Å². The summed E-state index contributed by atoms with van der Waals surface area (Å²) in [5, 5.41) is 19.6. The quantitative estimate of drug-likeness (QED) is 0.748. The molecule has 1 aliphatic rings. The van der Waals surface area contributed by atoms with E-state index < -0.39 is 29.7 Å². The van der Waals surface area contributed by atoms with Crippen molar-refractivity contribution in [1.82, 2.24) is 0 Å². The van der Waals surface area contributed by atoms with Crippen LogP contribution in [0, 0.1) is 0 Å². The molecule has 0 bridgehead atoms. The van der Waals surface area contributed by atoms with Gasteiger partial charge in [-0.15, -0.1) is 0 Å². The molecule has 1 heterocycles. The molecule has 0 aliphatic carbocycles. The van der Waals surface area contributed by atoms with Crippen LogP contribution in [-0.2, 0) is 14.2 Å². The second kappa shape index (κ2) is 5.20. The summed E-state index contributed by atoms with van der Waals surface area (Å²) >= 11 is 0. The third kappa shape index (κ3) is 3.17. The van der Waals surface area contributed by atoms with E-state index >= 15 is 0 Å². The molecule has 17 heavy (non-hydrogen) atoms. The molecule has 5 heteroatoms. The monoisotopic (exact) mass is 248 g/mol. The fourth-order valence-corrected chi connectivity index (χ4v) is 2.20. The van der Waals surface area contributed by atoms with Gasteiger partial charge >= 0.3 is 0 Å². The van der Waals surface area contributed by atoms with Gasteiger partial charge in [0.15, 0.2) is 5.79 Å². The zero-order valence-corrected chi connectivity index (χ0v) is 11.3. The Kier molecular flexibility index (Phi) is 4.54. The van der Waals surface area contributed by atoms with Crippen LogP contribution >= 0.6 is 0 Å². The standard InChI is InChI=1S/C12H24O5/c1-6-12(4,14)10(15-5)9-8(7-13)16-11(2,3)17-9/h8-10,13-14H,6-7H2,1-5H3/t8?,9?,10?,12-/m0/s1. The highest BCUT2D eigenvalue weighted by molar-refractivity contribution is 4.95.